The van der Waals surface area contributed by atoms with Crippen LogP contribution in [-0.4, -0.2) is 36.0 Å². The summed E-state index contributed by atoms with van der Waals surface area (Å²) in [6.45, 7) is 5.08. The lowest BCUT2D eigenvalue weighted by atomic mass is 10.1. The smallest absolute Gasteiger partial charge is 0.270 e. The van der Waals surface area contributed by atoms with Crippen molar-refractivity contribution in [3.8, 4) is 5.75 Å². The molecular weight excluding hydrogens is 332 g/mol. The van der Waals surface area contributed by atoms with Gasteiger partial charge in [-0.1, -0.05) is 6.07 Å². The quantitative estimate of drug-likeness (QED) is 0.896. The van der Waals surface area contributed by atoms with E-state index in [-0.39, 0.29) is 5.91 Å². The summed E-state index contributed by atoms with van der Waals surface area (Å²) in [5, 5.41) is 0. The monoisotopic (exact) mass is 350 g/mol. The number of rotatable bonds is 5. The fourth-order valence-corrected chi connectivity index (χ4v) is 2.46. The average molecular weight is 351 g/mol. The second-order valence-corrected chi connectivity index (χ2v) is 6.05. The molecule has 1 aromatic heterocycles. The van der Waals surface area contributed by atoms with Crippen molar-refractivity contribution in [2.75, 3.05) is 20.2 Å². The summed E-state index contributed by atoms with van der Waals surface area (Å²) < 4.78 is 6.58. The number of aromatic amines is 1. The van der Waals surface area contributed by atoms with Crippen LogP contribution in [0.3, 0.4) is 0 Å². The van der Waals surface area contributed by atoms with Crippen molar-refractivity contribution in [2.45, 2.75) is 13.8 Å². The Hall–Kier alpha value is -1.75. The van der Waals surface area contributed by atoms with Crippen LogP contribution in [-0.2, 0) is 0 Å². The lowest BCUT2D eigenvalue weighted by Crippen LogP contribution is -2.31. The molecule has 0 fully saturated rings. The first-order chi connectivity index (χ1) is 9.95. The Morgan fingerprint density at radius 1 is 1.24 bits per heavy atom. The second kappa shape index (κ2) is 6.80. The Balaban J connectivity index is 1.86. The van der Waals surface area contributed by atoms with Gasteiger partial charge >= 0.3 is 0 Å². The first-order valence-electron chi connectivity index (χ1n) is 6.76. The van der Waals surface area contributed by atoms with Crippen molar-refractivity contribution in [2.24, 2.45) is 0 Å². The number of hydrogen-bond acceptors (Lipinski definition) is 2. The Morgan fingerprint density at radius 2 is 1.90 bits per heavy atom. The minimum Gasteiger partial charge on any atom is -0.492 e. The highest BCUT2D eigenvalue weighted by atomic mass is 79.9. The zero-order valence-corrected chi connectivity index (χ0v) is 14.0. The summed E-state index contributed by atoms with van der Waals surface area (Å²) in [6.07, 6.45) is 1.74. The standard InChI is InChI=1S/C16H19BrN2O2/c1-11-6-12(2)8-14(7-11)21-5-4-19(3)16(20)15-9-13(17)10-18-15/h6-10,18H,4-5H2,1-3H3. The highest BCUT2D eigenvalue weighted by molar-refractivity contribution is 9.10. The van der Waals surface area contributed by atoms with Crippen molar-refractivity contribution in [1.82, 2.24) is 9.88 Å². The van der Waals surface area contributed by atoms with Gasteiger partial charge in [0, 0.05) is 17.7 Å². The summed E-state index contributed by atoms with van der Waals surface area (Å²) in [6, 6.07) is 7.86. The first kappa shape index (κ1) is 15.6. The van der Waals surface area contributed by atoms with E-state index in [1.165, 1.54) is 11.1 Å². The van der Waals surface area contributed by atoms with E-state index in [2.05, 4.69) is 27.0 Å². The SMILES string of the molecule is Cc1cc(C)cc(OCCN(C)C(=O)c2cc(Br)c[nH]2)c1. The van der Waals surface area contributed by atoms with Gasteiger partial charge < -0.3 is 14.6 Å². The maximum Gasteiger partial charge on any atom is 0.270 e. The van der Waals surface area contributed by atoms with Crippen LogP contribution >= 0.6 is 15.9 Å². The van der Waals surface area contributed by atoms with Crippen molar-refractivity contribution in [3.63, 3.8) is 0 Å². The van der Waals surface area contributed by atoms with Gasteiger partial charge in [0.2, 0.25) is 0 Å². The molecule has 0 aliphatic carbocycles. The maximum atomic E-state index is 12.1. The number of aromatic nitrogens is 1. The molecule has 4 nitrogen and oxygen atoms in total. The molecule has 0 saturated carbocycles. The molecule has 1 heterocycles. The molecule has 0 unspecified atom stereocenters. The van der Waals surface area contributed by atoms with E-state index < -0.39 is 0 Å². The zero-order valence-electron chi connectivity index (χ0n) is 12.4. The van der Waals surface area contributed by atoms with Crippen LogP contribution < -0.4 is 4.74 Å². The van der Waals surface area contributed by atoms with Crippen molar-refractivity contribution < 1.29 is 9.53 Å². The maximum absolute atomic E-state index is 12.1. The number of nitrogens with one attached hydrogen (secondary N) is 1. The van der Waals surface area contributed by atoms with Gasteiger partial charge in [-0.05, 0) is 59.1 Å². The topological polar surface area (TPSA) is 45.3 Å². The van der Waals surface area contributed by atoms with Crippen molar-refractivity contribution in [3.05, 3.63) is 51.8 Å². The van der Waals surface area contributed by atoms with Gasteiger partial charge in [0.1, 0.15) is 18.1 Å². The number of ether oxygens (including phenoxy) is 1. The third kappa shape index (κ3) is 4.36. The minimum atomic E-state index is -0.0512. The summed E-state index contributed by atoms with van der Waals surface area (Å²) >= 11 is 3.32. The van der Waals surface area contributed by atoms with E-state index in [4.69, 9.17) is 4.74 Å². The van der Waals surface area contributed by atoms with Gasteiger partial charge in [0.05, 0.1) is 6.54 Å². The lowest BCUT2D eigenvalue weighted by molar-refractivity contribution is 0.0768. The van der Waals surface area contributed by atoms with Crippen LogP contribution in [0.2, 0.25) is 0 Å². The third-order valence-corrected chi connectivity index (χ3v) is 3.57. The molecule has 5 heteroatoms. The van der Waals surface area contributed by atoms with E-state index in [1.807, 2.05) is 26.0 Å². The van der Waals surface area contributed by atoms with Crippen LogP contribution in [0.25, 0.3) is 0 Å². The Morgan fingerprint density at radius 3 is 2.48 bits per heavy atom. The Labute approximate surface area is 133 Å². The molecule has 0 spiro atoms. The normalized spacial score (nSPS) is 10.5. The molecule has 2 aromatic rings. The van der Waals surface area contributed by atoms with Crippen LogP contribution in [0.5, 0.6) is 5.75 Å². The van der Waals surface area contributed by atoms with Crippen LogP contribution in [0.15, 0.2) is 34.9 Å². The number of hydrogen-bond donors (Lipinski definition) is 1. The summed E-state index contributed by atoms with van der Waals surface area (Å²) in [5.74, 6) is 0.792. The number of aryl methyl sites for hydroxylation is 2. The van der Waals surface area contributed by atoms with E-state index in [0.717, 1.165) is 10.2 Å². The van der Waals surface area contributed by atoms with Gasteiger partial charge in [-0.15, -0.1) is 0 Å². The van der Waals surface area contributed by atoms with Gasteiger partial charge in [-0.2, -0.15) is 0 Å². The van der Waals surface area contributed by atoms with Crippen LogP contribution in [0, 0.1) is 13.8 Å². The molecule has 1 N–H and O–H groups in total. The highest BCUT2D eigenvalue weighted by Crippen LogP contribution is 2.16. The van der Waals surface area contributed by atoms with Gasteiger partial charge in [0.15, 0.2) is 0 Å². The fraction of sp³-hybridized carbons (Fsp3) is 0.312. The number of benzene rings is 1. The summed E-state index contributed by atoms with van der Waals surface area (Å²) in [7, 11) is 1.77. The summed E-state index contributed by atoms with van der Waals surface area (Å²) in [4.78, 5) is 16.7. The predicted molar refractivity (Wildman–Crippen MR) is 86.9 cm³/mol. The molecule has 21 heavy (non-hydrogen) atoms. The Bertz CT molecular complexity index is 617. The Kier molecular flexibility index (Phi) is 5.07. The highest BCUT2D eigenvalue weighted by Gasteiger charge is 2.13. The van der Waals surface area contributed by atoms with Gasteiger partial charge in [-0.25, -0.2) is 0 Å². The second-order valence-electron chi connectivity index (χ2n) is 5.13. The van der Waals surface area contributed by atoms with Crippen molar-refractivity contribution in [1.29, 1.82) is 0 Å². The predicted octanol–water partition coefficient (Wildman–Crippen LogP) is 3.55. The lowest BCUT2D eigenvalue weighted by Gasteiger charge is -2.17. The zero-order chi connectivity index (χ0) is 15.4. The molecule has 1 amide bonds. The van der Waals surface area contributed by atoms with E-state index in [9.17, 15) is 4.79 Å². The molecule has 0 aliphatic rings. The number of H-pyrrole nitrogens is 1. The van der Waals surface area contributed by atoms with E-state index in [0.29, 0.717) is 18.8 Å². The molecule has 0 aliphatic heterocycles. The first-order valence-corrected chi connectivity index (χ1v) is 7.55. The van der Waals surface area contributed by atoms with Gasteiger partial charge in [0.25, 0.3) is 5.91 Å². The third-order valence-electron chi connectivity index (χ3n) is 3.12. The number of carbonyl (C=O) groups is 1. The molecular formula is C16H19BrN2O2. The molecule has 1 aromatic carbocycles. The molecule has 0 radical (unpaired) electrons. The number of likely N-dealkylation sites (N-methyl/N-ethyl adjacent to an activating group) is 1. The van der Waals surface area contributed by atoms with Crippen molar-refractivity contribution >= 4 is 21.8 Å². The van der Waals surface area contributed by atoms with Gasteiger partial charge in [-0.3, -0.25) is 4.79 Å². The molecule has 0 atom stereocenters. The molecule has 112 valence electrons. The van der Waals surface area contributed by atoms with Crippen LogP contribution in [0.4, 0.5) is 0 Å². The van der Waals surface area contributed by atoms with E-state index in [1.54, 1.807) is 24.2 Å². The molecule has 0 bridgehead atoms. The molecule has 0 saturated heterocycles. The number of nitrogens with zero attached hydrogens (tertiary/aromatic N) is 1. The number of carbonyl (C=O) groups excluding carboxylic acids is 1. The largest absolute Gasteiger partial charge is 0.492 e. The average Bonchev–Trinajstić information content (AvgIpc) is 2.83. The summed E-state index contributed by atoms with van der Waals surface area (Å²) in [5.41, 5.74) is 2.91. The molecule has 2 rings (SSSR count). The van der Waals surface area contributed by atoms with E-state index >= 15 is 0 Å². The number of halogens is 1. The minimum absolute atomic E-state index is 0.0512. The number of amides is 1. The van der Waals surface area contributed by atoms with Crippen LogP contribution in [0.1, 0.15) is 21.6 Å². The fourth-order valence-electron chi connectivity index (χ4n) is 2.12.